The summed E-state index contributed by atoms with van der Waals surface area (Å²) in [6.45, 7) is 3.57. The van der Waals surface area contributed by atoms with Crippen LogP contribution in [-0.2, 0) is 38.7 Å². The van der Waals surface area contributed by atoms with Gasteiger partial charge in [0.25, 0.3) is 10.1 Å². The highest BCUT2D eigenvalue weighted by Gasteiger charge is 2.46. The lowest BCUT2D eigenvalue weighted by Gasteiger charge is -2.40. The molecule has 0 spiro atoms. The summed E-state index contributed by atoms with van der Waals surface area (Å²) in [5.41, 5.74) is 0. The Morgan fingerprint density at radius 3 is 1.68 bits per heavy atom. The highest BCUT2D eigenvalue weighted by molar-refractivity contribution is 7.85. The molecule has 324 valence electrons. The summed E-state index contributed by atoms with van der Waals surface area (Å²) in [7, 11) is -4.61. The molecule has 56 heavy (non-hydrogen) atoms. The third-order valence-corrected chi connectivity index (χ3v) is 10.3. The van der Waals surface area contributed by atoms with Crippen LogP contribution >= 0.6 is 0 Å². The summed E-state index contributed by atoms with van der Waals surface area (Å²) in [4.78, 5) is 25.3. The average molecular weight is 815 g/mol. The second-order valence-electron chi connectivity index (χ2n) is 14.7. The topological polar surface area (TPSA) is 186 Å². The third-order valence-electron chi connectivity index (χ3n) is 9.52. The van der Waals surface area contributed by atoms with Gasteiger partial charge in [0, 0.05) is 12.8 Å². The first kappa shape index (κ1) is 51.6. The molecule has 4 N–H and O–H groups in total. The van der Waals surface area contributed by atoms with Crippen molar-refractivity contribution in [2.45, 2.75) is 192 Å². The van der Waals surface area contributed by atoms with Crippen LogP contribution < -0.4 is 0 Å². The van der Waals surface area contributed by atoms with E-state index < -0.39 is 71.2 Å². The second kappa shape index (κ2) is 33.6. The fourth-order valence-electron chi connectivity index (χ4n) is 6.22. The van der Waals surface area contributed by atoms with E-state index in [2.05, 4.69) is 26.0 Å². The zero-order valence-electron chi connectivity index (χ0n) is 34.2. The predicted octanol–water partition coefficient (Wildman–Crippen LogP) is 8.00. The number of hydrogen-bond donors (Lipinski definition) is 4. The van der Waals surface area contributed by atoms with Crippen molar-refractivity contribution in [2.24, 2.45) is 0 Å². The Kier molecular flexibility index (Phi) is 30.9. The molecule has 1 aliphatic rings. The number of aliphatic hydroxyl groups is 3. The SMILES string of the molecule is CC/C=C/C=C/C=C/C=C/CCCCCC(=O)OC(COC(=O)CCCCCCCCCCCCCCCCC)CO[C@H]1O[C@H](CS(=O)(=O)O)[C@@H](O)C(O)C1O. The first-order valence-corrected chi connectivity index (χ1v) is 22.9. The van der Waals surface area contributed by atoms with Gasteiger partial charge in [-0.1, -0.05) is 159 Å². The van der Waals surface area contributed by atoms with E-state index in [1.54, 1.807) is 0 Å². The Hall–Kier alpha value is -2.39. The molecule has 0 aliphatic carbocycles. The van der Waals surface area contributed by atoms with Gasteiger partial charge in [0.15, 0.2) is 12.4 Å². The number of carbonyl (C=O) groups is 2. The van der Waals surface area contributed by atoms with Crippen molar-refractivity contribution in [3.8, 4) is 0 Å². The van der Waals surface area contributed by atoms with Gasteiger partial charge in [-0.3, -0.25) is 14.1 Å². The molecule has 13 heteroatoms. The van der Waals surface area contributed by atoms with Crippen LogP contribution in [0.15, 0.2) is 48.6 Å². The van der Waals surface area contributed by atoms with Crippen molar-refractivity contribution in [3.05, 3.63) is 48.6 Å². The zero-order chi connectivity index (χ0) is 41.3. The van der Waals surface area contributed by atoms with Crippen molar-refractivity contribution in [3.63, 3.8) is 0 Å². The number of unbranched alkanes of at least 4 members (excludes halogenated alkanes) is 17. The summed E-state index contributed by atoms with van der Waals surface area (Å²) in [6, 6.07) is 0. The molecular formula is C43H74O12S. The van der Waals surface area contributed by atoms with Gasteiger partial charge in [-0.05, 0) is 32.1 Å². The van der Waals surface area contributed by atoms with Crippen LogP contribution in [0.4, 0.5) is 0 Å². The molecule has 0 amide bonds. The standard InChI is InChI=1S/C43H74O12S/c1-3-5-7-9-11-13-15-17-18-20-21-23-25-27-29-31-38(44)52-33-36(34-53-43-42(48)41(47)40(46)37(55-43)35-56(49,50)51)54-39(45)32-30-28-26-24-22-19-16-14-12-10-8-6-4-2/h6,8,10,12,14,16,19,22,36-37,40-43,46-48H,3-5,7,9,11,13,15,17-18,20-21,23-35H2,1-2H3,(H,49,50,51)/b8-6+,12-10+,16-14+,22-19+/t36?,37-,40-,41?,42?,43+/m1/s1. The summed E-state index contributed by atoms with van der Waals surface area (Å²) in [5.74, 6) is -2.04. The molecule has 12 nitrogen and oxygen atoms in total. The molecule has 0 saturated carbocycles. The number of ether oxygens (including phenoxy) is 4. The number of aliphatic hydroxyl groups excluding tert-OH is 3. The molecule has 3 unspecified atom stereocenters. The minimum absolute atomic E-state index is 0.118. The molecule has 0 aromatic carbocycles. The summed E-state index contributed by atoms with van der Waals surface area (Å²) < 4.78 is 53.9. The lowest BCUT2D eigenvalue weighted by atomic mass is 10.00. The number of rotatable bonds is 34. The average Bonchev–Trinajstić information content (AvgIpc) is 3.16. The highest BCUT2D eigenvalue weighted by Crippen LogP contribution is 2.24. The molecule has 1 rings (SSSR count). The van der Waals surface area contributed by atoms with Crippen LogP contribution in [0.1, 0.15) is 155 Å². The van der Waals surface area contributed by atoms with Gasteiger partial charge >= 0.3 is 11.9 Å². The minimum Gasteiger partial charge on any atom is -0.462 e. The van der Waals surface area contributed by atoms with Crippen molar-refractivity contribution in [2.75, 3.05) is 19.0 Å². The maximum atomic E-state index is 12.7. The molecule has 1 heterocycles. The Labute approximate surface area is 337 Å². The van der Waals surface area contributed by atoms with Gasteiger partial charge in [-0.15, -0.1) is 0 Å². The Balaban J connectivity index is 2.50. The Bertz CT molecular complexity index is 1230. The van der Waals surface area contributed by atoms with Crippen LogP contribution in [0.25, 0.3) is 0 Å². The zero-order valence-corrected chi connectivity index (χ0v) is 35.0. The monoisotopic (exact) mass is 814 g/mol. The van der Waals surface area contributed by atoms with Crippen molar-refractivity contribution >= 4 is 22.1 Å². The highest BCUT2D eigenvalue weighted by atomic mass is 32.2. The minimum atomic E-state index is -4.61. The van der Waals surface area contributed by atoms with Gasteiger partial charge in [0.2, 0.25) is 0 Å². The quantitative estimate of drug-likeness (QED) is 0.0213. The molecule has 0 bridgehead atoms. The molecule has 1 aliphatic heterocycles. The van der Waals surface area contributed by atoms with Crippen LogP contribution in [0, 0.1) is 0 Å². The van der Waals surface area contributed by atoms with Crippen molar-refractivity contribution in [1.29, 1.82) is 0 Å². The molecule has 0 aromatic rings. The van der Waals surface area contributed by atoms with E-state index in [1.165, 1.54) is 70.6 Å². The van der Waals surface area contributed by atoms with Gasteiger partial charge in [-0.2, -0.15) is 8.42 Å². The lowest BCUT2D eigenvalue weighted by Crippen LogP contribution is -2.60. The van der Waals surface area contributed by atoms with Gasteiger partial charge < -0.3 is 34.3 Å². The van der Waals surface area contributed by atoms with Crippen molar-refractivity contribution in [1.82, 2.24) is 0 Å². The largest absolute Gasteiger partial charge is 0.462 e. The van der Waals surface area contributed by atoms with E-state index in [-0.39, 0.29) is 19.4 Å². The van der Waals surface area contributed by atoms with Gasteiger partial charge in [0.1, 0.15) is 36.8 Å². The second-order valence-corrected chi connectivity index (χ2v) is 16.2. The Morgan fingerprint density at radius 1 is 0.625 bits per heavy atom. The maximum absolute atomic E-state index is 12.7. The first-order chi connectivity index (χ1) is 27.0. The number of esters is 2. The summed E-state index contributed by atoms with van der Waals surface area (Å²) in [6.07, 6.45) is 28.8. The number of allylic oxidation sites excluding steroid dienone is 8. The molecular weight excluding hydrogens is 741 g/mol. The van der Waals surface area contributed by atoms with E-state index in [0.717, 1.165) is 44.9 Å². The predicted molar refractivity (Wildman–Crippen MR) is 219 cm³/mol. The summed E-state index contributed by atoms with van der Waals surface area (Å²) >= 11 is 0. The van der Waals surface area contributed by atoms with Crippen molar-refractivity contribution < 1.29 is 56.8 Å². The number of carbonyl (C=O) groups excluding carboxylic acids is 2. The lowest BCUT2D eigenvalue weighted by molar-refractivity contribution is -0.297. The fraction of sp³-hybridized carbons (Fsp3) is 0.767. The Morgan fingerprint density at radius 2 is 1.12 bits per heavy atom. The number of hydrogen-bond acceptors (Lipinski definition) is 11. The maximum Gasteiger partial charge on any atom is 0.306 e. The molecule has 1 saturated heterocycles. The van der Waals surface area contributed by atoms with Gasteiger partial charge in [0.05, 0.1) is 6.61 Å². The van der Waals surface area contributed by atoms with E-state index in [4.69, 9.17) is 18.9 Å². The first-order valence-electron chi connectivity index (χ1n) is 21.2. The van der Waals surface area contributed by atoms with Gasteiger partial charge in [-0.25, -0.2) is 0 Å². The fourth-order valence-corrected chi connectivity index (χ4v) is 6.91. The molecule has 0 radical (unpaired) electrons. The van der Waals surface area contributed by atoms with Crippen LogP contribution in [0.5, 0.6) is 0 Å². The van der Waals surface area contributed by atoms with Crippen LogP contribution in [0.2, 0.25) is 0 Å². The van der Waals surface area contributed by atoms with E-state index in [1.807, 2.05) is 36.5 Å². The molecule has 6 atom stereocenters. The third kappa shape index (κ3) is 28.1. The summed E-state index contributed by atoms with van der Waals surface area (Å²) in [5, 5.41) is 30.8. The smallest absolute Gasteiger partial charge is 0.306 e. The van der Waals surface area contributed by atoms with Crippen LogP contribution in [-0.4, -0.2) is 96.0 Å². The van der Waals surface area contributed by atoms with Crippen LogP contribution in [0.3, 0.4) is 0 Å². The van der Waals surface area contributed by atoms with E-state index in [0.29, 0.717) is 12.8 Å². The van der Waals surface area contributed by atoms with E-state index >= 15 is 0 Å². The normalized spacial score (nSPS) is 21.1. The molecule has 0 aromatic heterocycles. The molecule has 1 fully saturated rings. The van der Waals surface area contributed by atoms with E-state index in [9.17, 15) is 37.9 Å².